The maximum atomic E-state index is 11.4. The van der Waals surface area contributed by atoms with E-state index < -0.39 is 31.1 Å². The van der Waals surface area contributed by atoms with Crippen LogP contribution in [0.3, 0.4) is 0 Å². The molecule has 1 aliphatic heterocycles. The summed E-state index contributed by atoms with van der Waals surface area (Å²) < 4.78 is 9.78. The summed E-state index contributed by atoms with van der Waals surface area (Å²) in [7, 11) is 0. The van der Waals surface area contributed by atoms with Crippen LogP contribution in [0.2, 0.25) is 0 Å². The van der Waals surface area contributed by atoms with Crippen LogP contribution in [-0.4, -0.2) is 55.0 Å². The number of carboxylic acid groups (broad SMARTS) is 1. The number of rotatable bonds is 5. The molecular weight excluding hydrogens is 244 g/mol. The van der Waals surface area contributed by atoms with Crippen molar-refractivity contribution in [2.75, 3.05) is 19.8 Å². The molecule has 1 rings (SSSR count). The first kappa shape index (κ1) is 14.4. The van der Waals surface area contributed by atoms with E-state index in [9.17, 15) is 14.4 Å². The van der Waals surface area contributed by atoms with Crippen molar-refractivity contribution in [1.82, 2.24) is 10.6 Å². The van der Waals surface area contributed by atoms with E-state index in [0.717, 1.165) is 0 Å². The molecule has 102 valence electrons. The van der Waals surface area contributed by atoms with Gasteiger partial charge in [0.05, 0.1) is 12.1 Å². The van der Waals surface area contributed by atoms with Gasteiger partial charge in [0.15, 0.2) is 0 Å². The van der Waals surface area contributed by atoms with Crippen molar-refractivity contribution >= 4 is 17.9 Å². The highest BCUT2D eigenvalue weighted by Crippen LogP contribution is 2.11. The zero-order chi connectivity index (χ0) is 13.5. The van der Waals surface area contributed by atoms with E-state index in [-0.39, 0.29) is 12.1 Å². The van der Waals surface area contributed by atoms with Gasteiger partial charge in [-0.05, 0) is 13.3 Å². The molecule has 2 atom stereocenters. The van der Waals surface area contributed by atoms with Gasteiger partial charge in [0, 0.05) is 6.61 Å². The third kappa shape index (κ3) is 5.11. The predicted molar refractivity (Wildman–Crippen MR) is 58.9 cm³/mol. The number of hydrogen-bond donors (Lipinski definition) is 3. The summed E-state index contributed by atoms with van der Waals surface area (Å²) in [6, 6.07) is -0.765. The van der Waals surface area contributed by atoms with E-state index in [0.29, 0.717) is 13.0 Å². The molecule has 0 aromatic heterocycles. The van der Waals surface area contributed by atoms with Crippen LogP contribution >= 0.6 is 0 Å². The Morgan fingerprint density at radius 1 is 1.39 bits per heavy atom. The predicted octanol–water partition coefficient (Wildman–Crippen LogP) is -0.909. The SMILES string of the molecule is CC1OCCC1NC(=O)NC(=O)COCC(=O)O. The molecule has 0 aliphatic carbocycles. The number of carbonyl (C=O) groups is 3. The number of carbonyl (C=O) groups excluding carboxylic acids is 2. The van der Waals surface area contributed by atoms with Gasteiger partial charge in [-0.3, -0.25) is 10.1 Å². The van der Waals surface area contributed by atoms with E-state index in [4.69, 9.17) is 9.84 Å². The minimum Gasteiger partial charge on any atom is -0.480 e. The Bertz CT molecular complexity index is 332. The lowest BCUT2D eigenvalue weighted by Crippen LogP contribution is -2.47. The summed E-state index contributed by atoms with van der Waals surface area (Å²) in [5, 5.41) is 12.9. The van der Waals surface area contributed by atoms with Crippen molar-refractivity contribution in [3.8, 4) is 0 Å². The van der Waals surface area contributed by atoms with Gasteiger partial charge < -0.3 is 19.9 Å². The summed E-state index contributed by atoms with van der Waals surface area (Å²) in [5.41, 5.74) is 0. The van der Waals surface area contributed by atoms with Gasteiger partial charge in [0.25, 0.3) is 5.91 Å². The van der Waals surface area contributed by atoms with Crippen LogP contribution in [0.25, 0.3) is 0 Å². The highest BCUT2D eigenvalue weighted by Gasteiger charge is 2.26. The van der Waals surface area contributed by atoms with Crippen LogP contribution < -0.4 is 10.6 Å². The first-order valence-corrected chi connectivity index (χ1v) is 5.50. The van der Waals surface area contributed by atoms with Crippen LogP contribution in [0.4, 0.5) is 4.79 Å². The van der Waals surface area contributed by atoms with Crippen molar-refractivity contribution in [1.29, 1.82) is 0 Å². The zero-order valence-electron chi connectivity index (χ0n) is 9.97. The molecule has 2 unspecified atom stereocenters. The monoisotopic (exact) mass is 260 g/mol. The van der Waals surface area contributed by atoms with Crippen LogP contribution in [0, 0.1) is 0 Å². The number of carboxylic acids is 1. The van der Waals surface area contributed by atoms with Crippen molar-refractivity contribution in [3.05, 3.63) is 0 Å². The molecule has 3 N–H and O–H groups in total. The number of aliphatic carboxylic acids is 1. The first-order valence-electron chi connectivity index (χ1n) is 5.50. The highest BCUT2D eigenvalue weighted by molar-refractivity contribution is 5.95. The van der Waals surface area contributed by atoms with Gasteiger partial charge in [0.2, 0.25) is 0 Å². The van der Waals surface area contributed by atoms with Gasteiger partial charge in [-0.15, -0.1) is 0 Å². The molecule has 8 heteroatoms. The Balaban J connectivity index is 2.19. The van der Waals surface area contributed by atoms with Gasteiger partial charge in [-0.1, -0.05) is 0 Å². The van der Waals surface area contributed by atoms with E-state index >= 15 is 0 Å². The van der Waals surface area contributed by atoms with Crippen LogP contribution in [0.1, 0.15) is 13.3 Å². The summed E-state index contributed by atoms with van der Waals surface area (Å²) in [5.74, 6) is -1.87. The summed E-state index contributed by atoms with van der Waals surface area (Å²) in [6.07, 6.45) is 0.604. The molecule has 1 heterocycles. The third-order valence-electron chi connectivity index (χ3n) is 2.40. The Hall–Kier alpha value is -1.67. The Morgan fingerprint density at radius 3 is 2.67 bits per heavy atom. The minimum absolute atomic E-state index is 0.0888. The molecule has 0 saturated carbocycles. The maximum Gasteiger partial charge on any atom is 0.329 e. The molecule has 3 amide bonds. The largest absolute Gasteiger partial charge is 0.480 e. The van der Waals surface area contributed by atoms with E-state index in [1.165, 1.54) is 0 Å². The Morgan fingerprint density at radius 2 is 2.11 bits per heavy atom. The second-order valence-corrected chi connectivity index (χ2v) is 3.88. The zero-order valence-corrected chi connectivity index (χ0v) is 9.97. The van der Waals surface area contributed by atoms with E-state index in [1.54, 1.807) is 0 Å². The van der Waals surface area contributed by atoms with Gasteiger partial charge >= 0.3 is 12.0 Å². The van der Waals surface area contributed by atoms with E-state index in [1.807, 2.05) is 12.2 Å². The fourth-order valence-electron chi connectivity index (χ4n) is 1.52. The normalized spacial score (nSPS) is 22.5. The average molecular weight is 260 g/mol. The molecule has 0 aromatic carbocycles. The molecule has 1 saturated heterocycles. The number of hydrogen-bond acceptors (Lipinski definition) is 5. The molecule has 0 spiro atoms. The molecular formula is C10H16N2O6. The minimum atomic E-state index is -1.18. The molecule has 0 aromatic rings. The van der Waals surface area contributed by atoms with Crippen molar-refractivity contribution in [2.45, 2.75) is 25.5 Å². The van der Waals surface area contributed by atoms with Gasteiger partial charge in [0.1, 0.15) is 13.2 Å². The second kappa shape index (κ2) is 6.92. The number of imide groups is 1. The Labute approximate surface area is 104 Å². The number of amides is 3. The lowest BCUT2D eigenvalue weighted by molar-refractivity contribution is -0.143. The summed E-state index contributed by atoms with van der Waals surface area (Å²) in [6.45, 7) is 1.34. The second-order valence-electron chi connectivity index (χ2n) is 3.88. The quantitative estimate of drug-likeness (QED) is 0.589. The molecule has 1 aliphatic rings. The third-order valence-corrected chi connectivity index (χ3v) is 2.40. The lowest BCUT2D eigenvalue weighted by atomic mass is 10.2. The smallest absolute Gasteiger partial charge is 0.329 e. The molecule has 0 radical (unpaired) electrons. The van der Waals surface area contributed by atoms with Gasteiger partial charge in [-0.2, -0.15) is 0 Å². The maximum absolute atomic E-state index is 11.4. The molecule has 0 bridgehead atoms. The summed E-state index contributed by atoms with van der Waals surface area (Å²) in [4.78, 5) is 32.7. The van der Waals surface area contributed by atoms with Crippen molar-refractivity contribution < 1.29 is 29.0 Å². The molecule has 8 nitrogen and oxygen atoms in total. The number of nitrogens with one attached hydrogen (secondary N) is 2. The number of urea groups is 1. The summed E-state index contributed by atoms with van der Waals surface area (Å²) >= 11 is 0. The molecule has 1 fully saturated rings. The van der Waals surface area contributed by atoms with Gasteiger partial charge in [-0.25, -0.2) is 9.59 Å². The molecule has 18 heavy (non-hydrogen) atoms. The lowest BCUT2D eigenvalue weighted by Gasteiger charge is -2.15. The van der Waals surface area contributed by atoms with E-state index in [2.05, 4.69) is 10.1 Å². The van der Waals surface area contributed by atoms with Crippen LogP contribution in [0.15, 0.2) is 0 Å². The average Bonchev–Trinajstić information content (AvgIpc) is 2.63. The fraction of sp³-hybridized carbons (Fsp3) is 0.700. The van der Waals surface area contributed by atoms with Crippen molar-refractivity contribution in [3.63, 3.8) is 0 Å². The standard InChI is InChI=1S/C10H16N2O6/c1-6-7(2-3-18-6)11-10(16)12-8(13)4-17-5-9(14)15/h6-7H,2-5H2,1H3,(H,14,15)(H2,11,12,13,16). The van der Waals surface area contributed by atoms with Crippen LogP contribution in [-0.2, 0) is 19.1 Å². The Kier molecular flexibility index (Phi) is 5.53. The fourth-order valence-corrected chi connectivity index (χ4v) is 1.52. The van der Waals surface area contributed by atoms with Crippen molar-refractivity contribution in [2.24, 2.45) is 0 Å². The van der Waals surface area contributed by atoms with Crippen LogP contribution in [0.5, 0.6) is 0 Å². The topological polar surface area (TPSA) is 114 Å². The highest BCUT2D eigenvalue weighted by atomic mass is 16.5. The number of ether oxygens (including phenoxy) is 2. The first-order chi connectivity index (χ1) is 8.49.